The van der Waals surface area contributed by atoms with E-state index in [-0.39, 0.29) is 16.5 Å². The molecule has 1 heterocycles. The number of nitrogens with one attached hydrogen (secondary N) is 2. The van der Waals surface area contributed by atoms with Gasteiger partial charge < -0.3 is 26.9 Å². The lowest BCUT2D eigenvalue weighted by Crippen LogP contribution is -2.25. The molecule has 1 aromatic rings. The zero-order chi connectivity index (χ0) is 16.3. The molecular formula is C13H16N6O2S. The van der Waals surface area contributed by atoms with Crippen molar-refractivity contribution in [3.8, 4) is 0 Å². The molecule has 9 heteroatoms. The summed E-state index contributed by atoms with van der Waals surface area (Å²) >= 11 is 5.08. The van der Waals surface area contributed by atoms with Gasteiger partial charge in [-0.25, -0.2) is 9.97 Å². The van der Waals surface area contributed by atoms with Gasteiger partial charge in [0.25, 0.3) is 5.91 Å². The third-order valence-corrected chi connectivity index (χ3v) is 3.22. The van der Waals surface area contributed by atoms with Crippen LogP contribution in [0, 0.1) is 0 Å². The molecule has 1 aliphatic carbocycles. The summed E-state index contributed by atoms with van der Waals surface area (Å²) in [4.78, 5) is 30.9. The fourth-order valence-corrected chi connectivity index (χ4v) is 2.02. The second-order valence-electron chi connectivity index (χ2n) is 5.09. The van der Waals surface area contributed by atoms with Gasteiger partial charge in [-0.2, -0.15) is 0 Å². The first-order valence-corrected chi connectivity index (χ1v) is 6.92. The molecule has 0 aliphatic heterocycles. The summed E-state index contributed by atoms with van der Waals surface area (Å²) in [6.45, 7) is 1.67. The van der Waals surface area contributed by atoms with Crippen molar-refractivity contribution in [2.24, 2.45) is 11.5 Å². The van der Waals surface area contributed by atoms with Gasteiger partial charge in [-0.1, -0.05) is 12.2 Å². The fraction of sp³-hybridized carbons (Fsp3) is 0.308. The van der Waals surface area contributed by atoms with Crippen LogP contribution in [0.5, 0.6) is 0 Å². The minimum atomic E-state index is -0.741. The lowest BCUT2D eigenvalue weighted by Gasteiger charge is -2.13. The molecule has 0 saturated heterocycles. The summed E-state index contributed by atoms with van der Waals surface area (Å²) in [5, 5.41) is 5.74. The summed E-state index contributed by atoms with van der Waals surface area (Å²) in [5.74, 6) is -0.274. The molecule has 0 atom stereocenters. The molecule has 6 N–H and O–H groups in total. The van der Waals surface area contributed by atoms with Gasteiger partial charge in [0.1, 0.15) is 17.1 Å². The first kappa shape index (κ1) is 15.8. The number of primary amides is 1. The highest BCUT2D eigenvalue weighted by atomic mass is 32.1. The zero-order valence-corrected chi connectivity index (χ0v) is 12.7. The van der Waals surface area contributed by atoms with Crippen LogP contribution in [0.3, 0.4) is 0 Å². The maximum atomic E-state index is 11.4. The number of amides is 1. The standard InChI is InChI=1S/C13H16N6O2S/c1-7(14)4-9(22)18-12-10(11(15)21)16-5-8(17-12)19-13(6-20)2-3-13/h4-6H,2-3,14H2,1H3,(H2,15,21)(H2,17,18,19,22)/b7-4-. The minimum absolute atomic E-state index is 0.0491. The molecule has 1 saturated carbocycles. The smallest absolute Gasteiger partial charge is 0.271 e. The van der Waals surface area contributed by atoms with Crippen molar-refractivity contribution in [1.82, 2.24) is 9.97 Å². The molecule has 1 aliphatic rings. The fourth-order valence-electron chi connectivity index (χ4n) is 1.74. The molecule has 8 nitrogen and oxygen atoms in total. The largest absolute Gasteiger partial charge is 0.402 e. The van der Waals surface area contributed by atoms with Gasteiger partial charge in [0, 0.05) is 5.70 Å². The summed E-state index contributed by atoms with van der Waals surface area (Å²) < 4.78 is 0. The molecule has 0 unspecified atom stereocenters. The first-order valence-electron chi connectivity index (χ1n) is 6.51. The highest BCUT2D eigenvalue weighted by molar-refractivity contribution is 7.81. The average Bonchev–Trinajstić information content (AvgIpc) is 3.18. The maximum absolute atomic E-state index is 11.4. The van der Waals surface area contributed by atoms with E-state index in [1.54, 1.807) is 6.92 Å². The van der Waals surface area contributed by atoms with E-state index in [9.17, 15) is 9.59 Å². The second kappa shape index (κ2) is 6.06. The van der Waals surface area contributed by atoms with Crippen LogP contribution in [0.15, 0.2) is 18.0 Å². The van der Waals surface area contributed by atoms with E-state index in [0.29, 0.717) is 11.5 Å². The average molecular weight is 320 g/mol. The van der Waals surface area contributed by atoms with Gasteiger partial charge in [-0.3, -0.25) is 4.79 Å². The normalized spacial score (nSPS) is 15.8. The van der Waals surface area contributed by atoms with E-state index < -0.39 is 11.4 Å². The predicted molar refractivity (Wildman–Crippen MR) is 86.4 cm³/mol. The van der Waals surface area contributed by atoms with Gasteiger partial charge >= 0.3 is 0 Å². The Morgan fingerprint density at radius 3 is 2.64 bits per heavy atom. The number of thiocarbonyl (C=S) groups is 1. The SMILES string of the molecule is C/C(N)=C/C(=S)Nc1nc(NC2(C=O)CC2)cnc1C(N)=O. The van der Waals surface area contributed by atoms with Gasteiger partial charge in [0.15, 0.2) is 11.5 Å². The quantitative estimate of drug-likeness (QED) is 0.334. The van der Waals surface area contributed by atoms with Crippen LogP contribution >= 0.6 is 12.2 Å². The Kier molecular flexibility index (Phi) is 4.36. The van der Waals surface area contributed by atoms with Crippen LogP contribution in [-0.4, -0.2) is 32.7 Å². The van der Waals surface area contributed by atoms with Crippen LogP contribution in [0.2, 0.25) is 0 Å². The van der Waals surface area contributed by atoms with Crippen LogP contribution in [-0.2, 0) is 4.79 Å². The molecule has 2 rings (SSSR count). The topological polar surface area (TPSA) is 136 Å². The Morgan fingerprint density at radius 2 is 2.14 bits per heavy atom. The van der Waals surface area contributed by atoms with Crippen molar-refractivity contribution >= 4 is 41.0 Å². The zero-order valence-electron chi connectivity index (χ0n) is 11.9. The lowest BCUT2D eigenvalue weighted by atomic mass is 10.3. The van der Waals surface area contributed by atoms with E-state index in [1.807, 2.05) is 0 Å². The van der Waals surface area contributed by atoms with Crippen LogP contribution < -0.4 is 22.1 Å². The Morgan fingerprint density at radius 1 is 1.45 bits per heavy atom. The number of hydrogen-bond donors (Lipinski definition) is 4. The molecule has 1 amide bonds. The van der Waals surface area contributed by atoms with Crippen LogP contribution in [0.1, 0.15) is 30.3 Å². The van der Waals surface area contributed by atoms with Gasteiger partial charge in [0.05, 0.1) is 11.7 Å². The summed E-state index contributed by atoms with van der Waals surface area (Å²) in [5.41, 5.74) is 10.7. The highest BCUT2D eigenvalue weighted by Crippen LogP contribution is 2.36. The number of rotatable bonds is 6. The number of anilines is 2. The van der Waals surface area contributed by atoms with Crippen molar-refractivity contribution in [3.63, 3.8) is 0 Å². The van der Waals surface area contributed by atoms with Crippen LogP contribution in [0.25, 0.3) is 0 Å². The van der Waals surface area contributed by atoms with E-state index >= 15 is 0 Å². The molecule has 0 spiro atoms. The molecule has 0 radical (unpaired) electrons. The van der Waals surface area contributed by atoms with Gasteiger partial charge in [-0.05, 0) is 25.8 Å². The summed E-state index contributed by atoms with van der Waals surface area (Å²) in [6.07, 6.45) is 5.16. The Hall–Kier alpha value is -2.55. The van der Waals surface area contributed by atoms with Crippen molar-refractivity contribution < 1.29 is 9.59 Å². The maximum Gasteiger partial charge on any atom is 0.271 e. The van der Waals surface area contributed by atoms with Crippen molar-refractivity contribution in [3.05, 3.63) is 23.7 Å². The third-order valence-electron chi connectivity index (χ3n) is 3.00. The first-order chi connectivity index (χ1) is 10.3. The van der Waals surface area contributed by atoms with E-state index in [4.69, 9.17) is 23.7 Å². The van der Waals surface area contributed by atoms with Crippen molar-refractivity contribution in [1.29, 1.82) is 0 Å². The number of aromatic nitrogens is 2. The minimum Gasteiger partial charge on any atom is -0.402 e. The van der Waals surface area contributed by atoms with Crippen molar-refractivity contribution in [2.45, 2.75) is 25.3 Å². The molecular weight excluding hydrogens is 304 g/mol. The number of carbonyl (C=O) groups is 2. The molecule has 116 valence electrons. The number of allylic oxidation sites excluding steroid dienone is 1. The number of nitrogens with two attached hydrogens (primary N) is 2. The summed E-state index contributed by atoms with van der Waals surface area (Å²) in [6, 6.07) is 0. The monoisotopic (exact) mass is 320 g/mol. The Bertz CT molecular complexity index is 664. The Balaban J connectivity index is 2.27. The molecule has 22 heavy (non-hydrogen) atoms. The number of nitrogens with zero attached hydrogens (tertiary/aromatic N) is 2. The number of hydrogen-bond acceptors (Lipinski definition) is 7. The predicted octanol–water partition coefficient (Wildman–Crippen LogP) is 0.321. The van der Waals surface area contributed by atoms with E-state index in [1.165, 1.54) is 12.3 Å². The Labute approximate surface area is 132 Å². The molecule has 0 bridgehead atoms. The molecule has 0 aromatic carbocycles. The highest BCUT2D eigenvalue weighted by Gasteiger charge is 2.43. The molecule has 1 fully saturated rings. The van der Waals surface area contributed by atoms with Gasteiger partial charge in [-0.15, -0.1) is 0 Å². The second-order valence-corrected chi connectivity index (χ2v) is 5.53. The number of carbonyl (C=O) groups excluding carboxylic acids is 2. The van der Waals surface area contributed by atoms with Gasteiger partial charge in [0.2, 0.25) is 0 Å². The number of aldehydes is 1. The summed E-state index contributed by atoms with van der Waals surface area (Å²) in [7, 11) is 0. The van der Waals surface area contributed by atoms with E-state index in [2.05, 4.69) is 20.6 Å². The van der Waals surface area contributed by atoms with Crippen molar-refractivity contribution in [2.75, 3.05) is 10.6 Å². The van der Waals surface area contributed by atoms with E-state index in [0.717, 1.165) is 19.1 Å². The van der Waals surface area contributed by atoms with Crippen LogP contribution in [0.4, 0.5) is 11.6 Å². The lowest BCUT2D eigenvalue weighted by molar-refractivity contribution is -0.109. The third kappa shape index (κ3) is 3.76. The molecule has 1 aromatic heterocycles.